The molecule has 0 bridgehead atoms. The highest BCUT2D eigenvalue weighted by Gasteiger charge is 2.18. The maximum Gasteiger partial charge on any atom is 0.251 e. The SMILES string of the molecule is Cc1ccc(CC(O)c2ccc3c(c2)C(=O)NCC3)cc1. The van der Waals surface area contributed by atoms with E-state index in [4.69, 9.17) is 0 Å². The number of aliphatic hydroxyl groups excluding tert-OH is 1. The minimum atomic E-state index is -0.590. The van der Waals surface area contributed by atoms with Gasteiger partial charge in [0, 0.05) is 18.5 Å². The van der Waals surface area contributed by atoms with Gasteiger partial charge in [0.15, 0.2) is 0 Å². The first kappa shape index (κ1) is 13.8. The molecule has 1 unspecified atom stereocenters. The second-order valence-corrected chi connectivity index (χ2v) is 5.63. The third-order valence-corrected chi connectivity index (χ3v) is 3.99. The third-order valence-electron chi connectivity index (χ3n) is 3.99. The normalized spacial score (nSPS) is 15.2. The zero-order chi connectivity index (χ0) is 14.8. The van der Waals surface area contributed by atoms with Gasteiger partial charge < -0.3 is 10.4 Å². The van der Waals surface area contributed by atoms with Gasteiger partial charge in [-0.25, -0.2) is 0 Å². The van der Waals surface area contributed by atoms with Gasteiger partial charge in [0.2, 0.25) is 0 Å². The van der Waals surface area contributed by atoms with E-state index in [2.05, 4.69) is 5.32 Å². The Bertz CT molecular complexity index is 661. The van der Waals surface area contributed by atoms with Crippen LogP contribution in [0.25, 0.3) is 0 Å². The summed E-state index contributed by atoms with van der Waals surface area (Å²) < 4.78 is 0. The zero-order valence-corrected chi connectivity index (χ0v) is 12.1. The fourth-order valence-electron chi connectivity index (χ4n) is 2.70. The van der Waals surface area contributed by atoms with E-state index in [1.165, 1.54) is 5.56 Å². The van der Waals surface area contributed by atoms with E-state index in [1.54, 1.807) is 0 Å². The number of fused-ring (bicyclic) bond motifs is 1. The minimum absolute atomic E-state index is 0.0411. The van der Waals surface area contributed by atoms with E-state index in [1.807, 2.05) is 49.4 Å². The van der Waals surface area contributed by atoms with Crippen molar-refractivity contribution >= 4 is 5.91 Å². The Morgan fingerprint density at radius 2 is 1.95 bits per heavy atom. The first-order valence-electron chi connectivity index (χ1n) is 7.28. The molecular formula is C18H19NO2. The molecule has 1 heterocycles. The van der Waals surface area contributed by atoms with Crippen molar-refractivity contribution in [2.24, 2.45) is 0 Å². The molecule has 3 heteroatoms. The van der Waals surface area contributed by atoms with Gasteiger partial charge in [-0.15, -0.1) is 0 Å². The van der Waals surface area contributed by atoms with Crippen molar-refractivity contribution in [3.63, 3.8) is 0 Å². The Balaban J connectivity index is 1.81. The number of rotatable bonds is 3. The Kier molecular flexibility index (Phi) is 3.76. The van der Waals surface area contributed by atoms with Crippen molar-refractivity contribution in [2.75, 3.05) is 6.54 Å². The molecule has 1 aliphatic heterocycles. The Morgan fingerprint density at radius 1 is 1.19 bits per heavy atom. The van der Waals surface area contributed by atoms with Gasteiger partial charge in [-0.05, 0) is 36.1 Å². The van der Waals surface area contributed by atoms with Gasteiger partial charge in [0.05, 0.1) is 6.10 Å². The maximum atomic E-state index is 11.9. The van der Waals surface area contributed by atoms with Crippen LogP contribution in [0.5, 0.6) is 0 Å². The van der Waals surface area contributed by atoms with Gasteiger partial charge in [-0.3, -0.25) is 4.79 Å². The van der Waals surface area contributed by atoms with E-state index in [9.17, 15) is 9.90 Å². The Labute approximate surface area is 124 Å². The van der Waals surface area contributed by atoms with E-state index in [0.717, 1.165) is 23.1 Å². The van der Waals surface area contributed by atoms with Crippen LogP contribution in [0.3, 0.4) is 0 Å². The second-order valence-electron chi connectivity index (χ2n) is 5.63. The monoisotopic (exact) mass is 281 g/mol. The molecule has 1 amide bonds. The third kappa shape index (κ3) is 2.98. The lowest BCUT2D eigenvalue weighted by Gasteiger charge is -2.19. The molecular weight excluding hydrogens is 262 g/mol. The number of aliphatic hydroxyl groups is 1. The summed E-state index contributed by atoms with van der Waals surface area (Å²) in [6, 6.07) is 13.9. The molecule has 3 nitrogen and oxygen atoms in total. The fourth-order valence-corrected chi connectivity index (χ4v) is 2.70. The number of benzene rings is 2. The molecule has 0 saturated heterocycles. The van der Waals surface area contributed by atoms with Gasteiger partial charge in [-0.1, -0.05) is 42.0 Å². The summed E-state index contributed by atoms with van der Waals surface area (Å²) in [4.78, 5) is 11.9. The van der Waals surface area contributed by atoms with Crippen LogP contribution in [0.4, 0.5) is 0 Å². The van der Waals surface area contributed by atoms with Crippen molar-refractivity contribution < 1.29 is 9.90 Å². The molecule has 3 rings (SSSR count). The lowest BCUT2D eigenvalue weighted by Crippen LogP contribution is -2.31. The van der Waals surface area contributed by atoms with Gasteiger partial charge in [0.1, 0.15) is 0 Å². The number of carbonyl (C=O) groups excluding carboxylic acids is 1. The Morgan fingerprint density at radius 3 is 2.71 bits per heavy atom. The summed E-state index contributed by atoms with van der Waals surface area (Å²) in [6.45, 7) is 2.74. The van der Waals surface area contributed by atoms with Gasteiger partial charge in [0.25, 0.3) is 5.91 Å². The molecule has 0 radical (unpaired) electrons. The first-order chi connectivity index (χ1) is 10.1. The topological polar surface area (TPSA) is 49.3 Å². The van der Waals surface area contributed by atoms with Crippen LogP contribution < -0.4 is 5.32 Å². The summed E-state index contributed by atoms with van der Waals surface area (Å²) >= 11 is 0. The molecule has 2 aromatic rings. The number of hydrogen-bond acceptors (Lipinski definition) is 2. The number of hydrogen-bond donors (Lipinski definition) is 2. The van der Waals surface area contributed by atoms with Crippen molar-refractivity contribution in [1.29, 1.82) is 0 Å². The average molecular weight is 281 g/mol. The highest BCUT2D eigenvalue weighted by Crippen LogP contribution is 2.23. The molecule has 1 aliphatic rings. The molecule has 1 atom stereocenters. The molecule has 0 aliphatic carbocycles. The Hall–Kier alpha value is -2.13. The molecule has 2 N–H and O–H groups in total. The summed E-state index contributed by atoms with van der Waals surface area (Å²) in [5, 5.41) is 13.2. The van der Waals surface area contributed by atoms with Crippen LogP contribution in [0.1, 0.15) is 38.7 Å². The number of amides is 1. The van der Waals surface area contributed by atoms with Gasteiger partial charge in [-0.2, -0.15) is 0 Å². The molecule has 0 spiro atoms. The molecule has 21 heavy (non-hydrogen) atoms. The minimum Gasteiger partial charge on any atom is -0.388 e. The predicted molar refractivity (Wildman–Crippen MR) is 82.3 cm³/mol. The molecule has 0 aromatic heterocycles. The van der Waals surface area contributed by atoms with E-state index < -0.39 is 6.10 Å². The lowest BCUT2D eigenvalue weighted by atomic mass is 9.94. The average Bonchev–Trinajstić information content (AvgIpc) is 2.50. The number of aryl methyl sites for hydroxylation is 1. The van der Waals surface area contributed by atoms with Crippen LogP contribution in [0.15, 0.2) is 42.5 Å². The molecule has 108 valence electrons. The fraction of sp³-hybridized carbons (Fsp3) is 0.278. The highest BCUT2D eigenvalue weighted by atomic mass is 16.3. The molecule has 2 aromatic carbocycles. The van der Waals surface area contributed by atoms with Gasteiger partial charge >= 0.3 is 0 Å². The van der Waals surface area contributed by atoms with Crippen molar-refractivity contribution in [3.05, 3.63) is 70.3 Å². The van der Waals surface area contributed by atoms with Crippen LogP contribution >= 0.6 is 0 Å². The van der Waals surface area contributed by atoms with E-state index >= 15 is 0 Å². The van der Waals surface area contributed by atoms with Crippen LogP contribution in [-0.2, 0) is 12.8 Å². The first-order valence-corrected chi connectivity index (χ1v) is 7.28. The molecule has 0 fully saturated rings. The van der Waals surface area contributed by atoms with E-state index in [0.29, 0.717) is 18.5 Å². The zero-order valence-electron chi connectivity index (χ0n) is 12.1. The van der Waals surface area contributed by atoms with Crippen molar-refractivity contribution in [2.45, 2.75) is 25.9 Å². The quantitative estimate of drug-likeness (QED) is 0.908. The van der Waals surface area contributed by atoms with Crippen molar-refractivity contribution in [3.8, 4) is 0 Å². The standard InChI is InChI=1S/C18H19NO2/c1-12-2-4-13(5-3-12)10-17(20)15-7-6-14-8-9-19-18(21)16(14)11-15/h2-7,11,17,20H,8-10H2,1H3,(H,19,21). The number of nitrogens with one attached hydrogen (secondary N) is 1. The second kappa shape index (κ2) is 5.70. The maximum absolute atomic E-state index is 11.9. The summed E-state index contributed by atoms with van der Waals surface area (Å²) in [6.07, 6.45) is 0.823. The van der Waals surface area contributed by atoms with Crippen LogP contribution in [-0.4, -0.2) is 17.6 Å². The summed E-state index contributed by atoms with van der Waals surface area (Å²) in [7, 11) is 0. The van der Waals surface area contributed by atoms with Crippen molar-refractivity contribution in [1.82, 2.24) is 5.32 Å². The molecule has 0 saturated carbocycles. The summed E-state index contributed by atoms with van der Waals surface area (Å²) in [5.74, 6) is -0.0411. The smallest absolute Gasteiger partial charge is 0.251 e. The van der Waals surface area contributed by atoms with E-state index in [-0.39, 0.29) is 5.91 Å². The predicted octanol–water partition coefficient (Wildman–Crippen LogP) is 2.56. The highest BCUT2D eigenvalue weighted by molar-refractivity contribution is 5.96. The van der Waals surface area contributed by atoms with Crippen LogP contribution in [0, 0.1) is 6.92 Å². The summed E-state index contributed by atoms with van der Waals surface area (Å²) in [5.41, 5.74) is 4.85. The number of carbonyl (C=O) groups is 1. The lowest BCUT2D eigenvalue weighted by molar-refractivity contribution is 0.0945. The largest absolute Gasteiger partial charge is 0.388 e. The van der Waals surface area contributed by atoms with Crippen LogP contribution in [0.2, 0.25) is 0 Å².